The van der Waals surface area contributed by atoms with E-state index in [9.17, 15) is 0 Å². The lowest BCUT2D eigenvalue weighted by Crippen LogP contribution is -2.01. The molecule has 10 aromatic rings. The number of fused-ring (bicyclic) bond motifs is 4. The van der Waals surface area contributed by atoms with Crippen LogP contribution in [0.2, 0.25) is 0 Å². The molecule has 0 saturated carbocycles. The number of aromatic nitrogens is 3. The van der Waals surface area contributed by atoms with Crippen molar-refractivity contribution in [1.29, 1.82) is 0 Å². The van der Waals surface area contributed by atoms with E-state index in [-0.39, 0.29) is 0 Å². The van der Waals surface area contributed by atoms with Gasteiger partial charge in [-0.3, -0.25) is 0 Å². The van der Waals surface area contributed by atoms with E-state index in [2.05, 4.69) is 133 Å². The van der Waals surface area contributed by atoms with Gasteiger partial charge in [-0.2, -0.15) is 0 Å². The molecule has 4 heteroatoms. The predicted molar refractivity (Wildman–Crippen MR) is 217 cm³/mol. The maximum atomic E-state index is 6.49. The largest absolute Gasteiger partial charge is 0.456 e. The number of para-hydroxylation sites is 1. The first-order valence-corrected chi connectivity index (χ1v) is 17.8. The fourth-order valence-corrected chi connectivity index (χ4v) is 7.40. The molecule has 53 heavy (non-hydrogen) atoms. The molecule has 0 radical (unpaired) electrons. The van der Waals surface area contributed by atoms with Crippen LogP contribution in [-0.2, 0) is 0 Å². The van der Waals surface area contributed by atoms with Crippen LogP contribution >= 0.6 is 0 Å². The standard InChI is InChI=1S/C49H31N3O/c1-4-15-32(16-5-1)37-30-43(46-41-24-12-13-26-44(41)53-45(46)31-37)49-51-47(35-20-8-3-9-21-35)50-48(52-49)36-27-28-40(42(29-36)34-17-6-2-7-18-34)39-25-14-22-33-19-10-11-23-38(33)39/h1-31H. The molecule has 0 atom stereocenters. The Morgan fingerprint density at radius 1 is 0.302 bits per heavy atom. The molecule has 2 heterocycles. The lowest BCUT2D eigenvalue weighted by molar-refractivity contribution is 0.669. The Labute approximate surface area is 306 Å². The van der Waals surface area contributed by atoms with Crippen LogP contribution in [0, 0.1) is 0 Å². The maximum absolute atomic E-state index is 6.49. The Hall–Kier alpha value is -7.17. The van der Waals surface area contributed by atoms with Crippen LogP contribution in [0.25, 0.3) is 100 Å². The Kier molecular flexibility index (Phi) is 7.43. The predicted octanol–water partition coefficient (Wildman–Crippen LogP) is 12.9. The van der Waals surface area contributed by atoms with Gasteiger partial charge in [0.1, 0.15) is 11.2 Å². The highest BCUT2D eigenvalue weighted by Crippen LogP contribution is 2.41. The Morgan fingerprint density at radius 2 is 0.887 bits per heavy atom. The summed E-state index contributed by atoms with van der Waals surface area (Å²) in [6.07, 6.45) is 0. The molecule has 0 aliphatic heterocycles. The van der Waals surface area contributed by atoms with Gasteiger partial charge < -0.3 is 4.42 Å². The summed E-state index contributed by atoms with van der Waals surface area (Å²) in [6.45, 7) is 0. The summed E-state index contributed by atoms with van der Waals surface area (Å²) in [7, 11) is 0. The highest BCUT2D eigenvalue weighted by atomic mass is 16.3. The molecule has 0 amide bonds. The van der Waals surface area contributed by atoms with Gasteiger partial charge in [0.15, 0.2) is 17.5 Å². The van der Waals surface area contributed by atoms with E-state index in [1.54, 1.807) is 0 Å². The van der Waals surface area contributed by atoms with E-state index in [0.717, 1.165) is 66.4 Å². The lowest BCUT2D eigenvalue weighted by Gasteiger charge is -2.15. The minimum Gasteiger partial charge on any atom is -0.456 e. The van der Waals surface area contributed by atoms with Gasteiger partial charge >= 0.3 is 0 Å². The van der Waals surface area contributed by atoms with Crippen LogP contribution in [0.4, 0.5) is 0 Å². The van der Waals surface area contributed by atoms with Crippen molar-refractivity contribution in [3.8, 4) is 67.5 Å². The first-order chi connectivity index (χ1) is 26.3. The van der Waals surface area contributed by atoms with E-state index in [4.69, 9.17) is 19.4 Å². The summed E-state index contributed by atoms with van der Waals surface area (Å²) in [5.41, 5.74) is 11.0. The van der Waals surface area contributed by atoms with Gasteiger partial charge in [-0.05, 0) is 68.4 Å². The quantitative estimate of drug-likeness (QED) is 0.176. The lowest BCUT2D eigenvalue weighted by atomic mass is 9.90. The van der Waals surface area contributed by atoms with Gasteiger partial charge in [-0.25, -0.2) is 15.0 Å². The summed E-state index contributed by atoms with van der Waals surface area (Å²) in [6, 6.07) is 65.2. The van der Waals surface area contributed by atoms with Crippen molar-refractivity contribution in [2.45, 2.75) is 0 Å². The highest BCUT2D eigenvalue weighted by Gasteiger charge is 2.21. The molecule has 0 spiro atoms. The summed E-state index contributed by atoms with van der Waals surface area (Å²) in [4.78, 5) is 15.6. The van der Waals surface area contributed by atoms with Gasteiger partial charge in [0, 0.05) is 27.5 Å². The third-order valence-corrected chi connectivity index (χ3v) is 9.94. The SMILES string of the molecule is c1ccc(-c2cc(-c3nc(-c4ccccc4)nc(-c4ccc(-c5cccc6ccccc56)c(-c5ccccc5)c4)n3)c3c(c2)oc2ccccc23)cc1. The van der Waals surface area contributed by atoms with E-state index in [1.807, 2.05) is 54.6 Å². The van der Waals surface area contributed by atoms with E-state index in [0.29, 0.717) is 17.5 Å². The number of furan rings is 1. The normalized spacial score (nSPS) is 11.4. The second-order valence-corrected chi connectivity index (χ2v) is 13.2. The Bertz CT molecular complexity index is 2930. The van der Waals surface area contributed by atoms with E-state index in [1.165, 1.54) is 16.3 Å². The highest BCUT2D eigenvalue weighted by molar-refractivity contribution is 6.13. The van der Waals surface area contributed by atoms with Crippen molar-refractivity contribution in [1.82, 2.24) is 15.0 Å². The zero-order valence-corrected chi connectivity index (χ0v) is 28.6. The topological polar surface area (TPSA) is 51.8 Å². The van der Waals surface area contributed by atoms with Crippen LogP contribution in [0.3, 0.4) is 0 Å². The third kappa shape index (κ3) is 5.54. The number of hydrogen-bond donors (Lipinski definition) is 0. The zero-order valence-electron chi connectivity index (χ0n) is 28.6. The molecule has 0 bridgehead atoms. The molecule has 4 nitrogen and oxygen atoms in total. The second kappa shape index (κ2) is 12.9. The maximum Gasteiger partial charge on any atom is 0.164 e. The summed E-state index contributed by atoms with van der Waals surface area (Å²) < 4.78 is 6.49. The summed E-state index contributed by atoms with van der Waals surface area (Å²) >= 11 is 0. The molecular formula is C49H31N3O. The zero-order chi connectivity index (χ0) is 35.1. The van der Waals surface area contributed by atoms with E-state index >= 15 is 0 Å². The van der Waals surface area contributed by atoms with Gasteiger partial charge in [0.05, 0.1) is 0 Å². The van der Waals surface area contributed by atoms with Gasteiger partial charge in [0.25, 0.3) is 0 Å². The molecular weight excluding hydrogens is 647 g/mol. The smallest absolute Gasteiger partial charge is 0.164 e. The van der Waals surface area contributed by atoms with Gasteiger partial charge in [-0.15, -0.1) is 0 Å². The van der Waals surface area contributed by atoms with Crippen LogP contribution < -0.4 is 0 Å². The fraction of sp³-hybridized carbons (Fsp3) is 0. The van der Waals surface area contributed by atoms with Crippen molar-refractivity contribution in [2.24, 2.45) is 0 Å². The molecule has 2 aromatic heterocycles. The molecule has 8 aromatic carbocycles. The number of hydrogen-bond acceptors (Lipinski definition) is 4. The number of nitrogens with zero attached hydrogens (tertiary/aromatic N) is 3. The first-order valence-electron chi connectivity index (χ1n) is 17.8. The van der Waals surface area contributed by atoms with Gasteiger partial charge in [0.2, 0.25) is 0 Å². The average molecular weight is 678 g/mol. The number of benzene rings is 8. The molecule has 0 fully saturated rings. The monoisotopic (exact) mass is 677 g/mol. The molecule has 0 aliphatic carbocycles. The van der Waals surface area contributed by atoms with Crippen LogP contribution in [-0.4, -0.2) is 15.0 Å². The molecule has 0 saturated heterocycles. The molecule has 10 rings (SSSR count). The van der Waals surface area contributed by atoms with Crippen LogP contribution in [0.5, 0.6) is 0 Å². The van der Waals surface area contributed by atoms with Crippen LogP contribution in [0.1, 0.15) is 0 Å². The fourth-order valence-electron chi connectivity index (χ4n) is 7.40. The van der Waals surface area contributed by atoms with Crippen molar-refractivity contribution in [2.75, 3.05) is 0 Å². The molecule has 0 N–H and O–H groups in total. The van der Waals surface area contributed by atoms with Crippen molar-refractivity contribution < 1.29 is 4.42 Å². The number of rotatable bonds is 6. The third-order valence-electron chi connectivity index (χ3n) is 9.94. The first kappa shape index (κ1) is 30.6. The van der Waals surface area contributed by atoms with E-state index < -0.39 is 0 Å². The van der Waals surface area contributed by atoms with Crippen molar-refractivity contribution >= 4 is 32.7 Å². The van der Waals surface area contributed by atoms with Crippen LogP contribution in [0.15, 0.2) is 192 Å². The molecule has 0 aliphatic rings. The molecule has 248 valence electrons. The van der Waals surface area contributed by atoms with Crippen molar-refractivity contribution in [3.05, 3.63) is 188 Å². The Morgan fingerprint density at radius 3 is 1.66 bits per heavy atom. The Balaban J connectivity index is 1.24. The van der Waals surface area contributed by atoms with Gasteiger partial charge in [-0.1, -0.05) is 164 Å². The second-order valence-electron chi connectivity index (χ2n) is 13.2. The average Bonchev–Trinajstić information content (AvgIpc) is 3.62. The summed E-state index contributed by atoms with van der Waals surface area (Å²) in [5.74, 6) is 1.79. The van der Waals surface area contributed by atoms with Crippen molar-refractivity contribution in [3.63, 3.8) is 0 Å². The minimum absolute atomic E-state index is 0.586. The molecule has 0 unspecified atom stereocenters. The summed E-state index contributed by atoms with van der Waals surface area (Å²) in [5, 5.41) is 4.42. The minimum atomic E-state index is 0.586.